The Hall–Kier alpha value is -2.54. The maximum atomic E-state index is 14.0. The van der Waals surface area contributed by atoms with E-state index in [2.05, 4.69) is 14.9 Å². The third-order valence-electron chi connectivity index (χ3n) is 5.92. The molecule has 0 bridgehead atoms. The number of aryl methyl sites for hydroxylation is 2. The number of hydrogen-bond donors (Lipinski definition) is 1. The molecule has 0 saturated carbocycles. The minimum absolute atomic E-state index is 0.205. The second-order valence-corrected chi connectivity index (χ2v) is 8.78. The summed E-state index contributed by atoms with van der Waals surface area (Å²) in [6.45, 7) is 1.84. The lowest BCUT2D eigenvalue weighted by Gasteiger charge is -2.26. The van der Waals surface area contributed by atoms with Gasteiger partial charge in [0.05, 0.1) is 21.8 Å². The topological polar surface area (TPSA) is 55.6 Å². The van der Waals surface area contributed by atoms with Gasteiger partial charge in [0.1, 0.15) is 23.0 Å². The monoisotopic (exact) mass is 469 g/mol. The molecule has 1 aliphatic heterocycles. The van der Waals surface area contributed by atoms with Gasteiger partial charge in [-0.25, -0.2) is 19.3 Å². The summed E-state index contributed by atoms with van der Waals surface area (Å²) >= 11 is 13.1. The van der Waals surface area contributed by atoms with Crippen molar-refractivity contribution in [3.8, 4) is 11.4 Å². The Morgan fingerprint density at radius 3 is 2.47 bits per heavy atom. The normalized spacial score (nSPS) is 14.8. The SMILES string of the molecule is Fc1ccccc1CCc1ncc2nc(-c3c(Cl)cccc3Cl)n(C3CCNCC3)c2n1. The molecule has 32 heavy (non-hydrogen) atoms. The highest BCUT2D eigenvalue weighted by molar-refractivity contribution is 6.39. The molecule has 0 amide bonds. The summed E-state index contributed by atoms with van der Waals surface area (Å²) < 4.78 is 16.2. The van der Waals surface area contributed by atoms with E-state index < -0.39 is 0 Å². The molecule has 4 aromatic rings. The smallest absolute Gasteiger partial charge is 0.164 e. The van der Waals surface area contributed by atoms with E-state index in [-0.39, 0.29) is 11.9 Å². The lowest BCUT2D eigenvalue weighted by molar-refractivity contribution is 0.376. The fourth-order valence-corrected chi connectivity index (χ4v) is 4.86. The van der Waals surface area contributed by atoms with E-state index in [9.17, 15) is 4.39 Å². The Kier molecular flexibility index (Phi) is 6.09. The molecule has 1 fully saturated rings. The summed E-state index contributed by atoms with van der Waals surface area (Å²) in [5.41, 5.74) is 2.83. The molecule has 1 N–H and O–H groups in total. The molecule has 0 unspecified atom stereocenters. The van der Waals surface area contributed by atoms with Gasteiger partial charge in [-0.15, -0.1) is 0 Å². The van der Waals surface area contributed by atoms with Crippen LogP contribution in [0.5, 0.6) is 0 Å². The molecule has 1 saturated heterocycles. The van der Waals surface area contributed by atoms with Gasteiger partial charge in [-0.3, -0.25) is 0 Å². The van der Waals surface area contributed by atoms with Crippen LogP contribution in [0.1, 0.15) is 30.3 Å². The molecule has 2 aromatic carbocycles. The van der Waals surface area contributed by atoms with Crippen LogP contribution < -0.4 is 5.32 Å². The van der Waals surface area contributed by atoms with E-state index in [0.717, 1.165) is 31.6 Å². The number of halogens is 3. The molecule has 3 heterocycles. The van der Waals surface area contributed by atoms with E-state index in [4.69, 9.17) is 33.2 Å². The van der Waals surface area contributed by atoms with E-state index in [1.807, 2.05) is 24.3 Å². The number of piperidine rings is 1. The maximum absolute atomic E-state index is 14.0. The van der Waals surface area contributed by atoms with Gasteiger partial charge in [-0.05, 0) is 56.1 Å². The minimum atomic E-state index is -0.205. The predicted molar refractivity (Wildman–Crippen MR) is 126 cm³/mol. The summed E-state index contributed by atoms with van der Waals surface area (Å²) in [6.07, 6.45) is 4.72. The summed E-state index contributed by atoms with van der Waals surface area (Å²) in [4.78, 5) is 14.2. The van der Waals surface area contributed by atoms with Gasteiger partial charge in [-0.1, -0.05) is 47.5 Å². The first-order valence-electron chi connectivity index (χ1n) is 10.7. The van der Waals surface area contributed by atoms with Gasteiger partial charge >= 0.3 is 0 Å². The maximum Gasteiger partial charge on any atom is 0.164 e. The van der Waals surface area contributed by atoms with Crippen molar-refractivity contribution in [3.05, 3.63) is 75.9 Å². The summed E-state index contributed by atoms with van der Waals surface area (Å²) in [6, 6.07) is 12.5. The van der Waals surface area contributed by atoms with Gasteiger partial charge in [0.15, 0.2) is 5.65 Å². The largest absolute Gasteiger partial charge is 0.317 e. The zero-order chi connectivity index (χ0) is 22.1. The molecule has 2 aromatic heterocycles. The fraction of sp³-hybridized carbons (Fsp3) is 0.292. The van der Waals surface area contributed by atoms with Crippen LogP contribution in [0, 0.1) is 5.82 Å². The van der Waals surface area contributed by atoms with Crippen molar-refractivity contribution >= 4 is 34.4 Å². The van der Waals surface area contributed by atoms with Crippen LogP contribution in [-0.2, 0) is 12.8 Å². The number of imidazole rings is 1. The molecule has 0 radical (unpaired) electrons. The average Bonchev–Trinajstić information content (AvgIpc) is 3.17. The van der Waals surface area contributed by atoms with Crippen LogP contribution in [0.4, 0.5) is 4.39 Å². The first-order chi connectivity index (χ1) is 15.6. The first kappa shape index (κ1) is 21.3. The average molecular weight is 470 g/mol. The zero-order valence-corrected chi connectivity index (χ0v) is 18.9. The molecular weight excluding hydrogens is 448 g/mol. The number of hydrogen-bond acceptors (Lipinski definition) is 4. The number of aromatic nitrogens is 4. The Bertz CT molecular complexity index is 1250. The van der Waals surface area contributed by atoms with Crippen molar-refractivity contribution in [1.82, 2.24) is 24.8 Å². The van der Waals surface area contributed by atoms with Crippen molar-refractivity contribution in [2.75, 3.05) is 13.1 Å². The quantitative estimate of drug-likeness (QED) is 0.410. The molecule has 164 valence electrons. The van der Waals surface area contributed by atoms with Gasteiger partial charge in [0, 0.05) is 12.5 Å². The Labute approximate surface area is 195 Å². The summed E-state index contributed by atoms with van der Waals surface area (Å²) in [5, 5.41) is 4.51. The van der Waals surface area contributed by atoms with Crippen molar-refractivity contribution in [1.29, 1.82) is 0 Å². The van der Waals surface area contributed by atoms with Crippen LogP contribution in [0.25, 0.3) is 22.6 Å². The van der Waals surface area contributed by atoms with Crippen LogP contribution >= 0.6 is 23.2 Å². The van der Waals surface area contributed by atoms with Crippen LogP contribution in [0.2, 0.25) is 10.0 Å². The van der Waals surface area contributed by atoms with E-state index in [0.29, 0.717) is 51.2 Å². The standard InChI is InChI=1S/C24H22Cl2FN5/c25-17-5-3-6-18(26)22(17)24-30-20-14-29-21(9-8-15-4-1-2-7-19(15)27)31-23(20)32(24)16-10-12-28-13-11-16/h1-7,14,16,28H,8-13H2. The third kappa shape index (κ3) is 4.10. The number of benzene rings is 2. The first-order valence-corrected chi connectivity index (χ1v) is 11.5. The lowest BCUT2D eigenvalue weighted by Crippen LogP contribution is -2.29. The highest BCUT2D eigenvalue weighted by atomic mass is 35.5. The zero-order valence-electron chi connectivity index (χ0n) is 17.4. The van der Waals surface area contributed by atoms with E-state index >= 15 is 0 Å². The number of fused-ring (bicyclic) bond motifs is 1. The van der Waals surface area contributed by atoms with Crippen LogP contribution in [0.3, 0.4) is 0 Å². The second kappa shape index (κ2) is 9.14. The third-order valence-corrected chi connectivity index (χ3v) is 6.55. The second-order valence-electron chi connectivity index (χ2n) is 7.97. The lowest BCUT2D eigenvalue weighted by atomic mass is 10.1. The Morgan fingerprint density at radius 1 is 0.969 bits per heavy atom. The Balaban J connectivity index is 1.59. The van der Waals surface area contributed by atoms with Gasteiger partial charge in [-0.2, -0.15) is 0 Å². The van der Waals surface area contributed by atoms with Crippen LogP contribution in [0.15, 0.2) is 48.7 Å². The summed E-state index contributed by atoms with van der Waals surface area (Å²) in [7, 11) is 0. The van der Waals surface area contributed by atoms with Gasteiger partial charge in [0.25, 0.3) is 0 Å². The molecule has 8 heteroatoms. The van der Waals surface area contributed by atoms with Crippen molar-refractivity contribution in [2.24, 2.45) is 0 Å². The van der Waals surface area contributed by atoms with E-state index in [1.165, 1.54) is 6.07 Å². The van der Waals surface area contributed by atoms with Crippen molar-refractivity contribution in [3.63, 3.8) is 0 Å². The van der Waals surface area contributed by atoms with Gasteiger partial charge in [0.2, 0.25) is 0 Å². The molecule has 1 aliphatic rings. The fourth-order valence-electron chi connectivity index (χ4n) is 4.29. The number of nitrogens with one attached hydrogen (secondary N) is 1. The molecule has 0 atom stereocenters. The number of nitrogens with zero attached hydrogens (tertiary/aromatic N) is 4. The molecule has 5 rings (SSSR count). The van der Waals surface area contributed by atoms with E-state index in [1.54, 1.807) is 18.3 Å². The van der Waals surface area contributed by atoms with Gasteiger partial charge < -0.3 is 9.88 Å². The molecular formula is C24H22Cl2FN5. The molecule has 0 aliphatic carbocycles. The van der Waals surface area contributed by atoms with Crippen molar-refractivity contribution in [2.45, 2.75) is 31.7 Å². The highest BCUT2D eigenvalue weighted by Gasteiger charge is 2.25. The predicted octanol–water partition coefficient (Wildman–Crippen LogP) is 5.65. The number of rotatable bonds is 5. The minimum Gasteiger partial charge on any atom is -0.317 e. The molecule has 0 spiro atoms. The Morgan fingerprint density at radius 2 is 1.72 bits per heavy atom. The van der Waals surface area contributed by atoms with Crippen molar-refractivity contribution < 1.29 is 4.39 Å². The van der Waals surface area contributed by atoms with Crippen LogP contribution in [-0.4, -0.2) is 32.6 Å². The summed E-state index contributed by atoms with van der Waals surface area (Å²) in [5.74, 6) is 1.17. The highest BCUT2D eigenvalue weighted by Crippen LogP contribution is 2.38. The molecule has 5 nitrogen and oxygen atoms in total.